The van der Waals surface area contributed by atoms with Crippen LogP contribution in [0.15, 0.2) is 59.8 Å². The van der Waals surface area contributed by atoms with Crippen LogP contribution in [0.3, 0.4) is 0 Å². The Labute approximate surface area is 162 Å². The van der Waals surface area contributed by atoms with E-state index in [1.165, 1.54) is 22.8 Å². The molecule has 2 aromatic carbocycles. The molecule has 2 N–H and O–H groups in total. The number of nitrogen functional groups attached to an aromatic ring is 1. The predicted molar refractivity (Wildman–Crippen MR) is 105 cm³/mol. The molecule has 144 valence electrons. The summed E-state index contributed by atoms with van der Waals surface area (Å²) >= 11 is 0. The zero-order valence-electron chi connectivity index (χ0n) is 15.2. The maximum atomic E-state index is 14.8. The van der Waals surface area contributed by atoms with Gasteiger partial charge in [-0.2, -0.15) is 4.31 Å². The number of sulfonamides is 1. The van der Waals surface area contributed by atoms with Crippen LogP contribution in [-0.2, 0) is 10.0 Å². The van der Waals surface area contributed by atoms with Crippen molar-refractivity contribution in [2.24, 2.45) is 5.92 Å². The lowest BCUT2D eigenvalue weighted by Gasteiger charge is -2.36. The summed E-state index contributed by atoms with van der Waals surface area (Å²) < 4.78 is 42.2. The highest BCUT2D eigenvalue weighted by atomic mass is 32.2. The smallest absolute Gasteiger partial charge is 0.243 e. The number of rotatable bonds is 4. The summed E-state index contributed by atoms with van der Waals surface area (Å²) in [6, 6.07) is 11.3. The van der Waals surface area contributed by atoms with Crippen LogP contribution in [-0.4, -0.2) is 35.8 Å². The highest BCUT2D eigenvalue weighted by Gasteiger charge is 2.35. The van der Waals surface area contributed by atoms with Gasteiger partial charge in [0.05, 0.1) is 4.90 Å². The summed E-state index contributed by atoms with van der Waals surface area (Å²) in [6.45, 7) is 3.01. The monoisotopic (exact) mass is 398 g/mol. The van der Waals surface area contributed by atoms with Crippen molar-refractivity contribution in [2.45, 2.75) is 11.8 Å². The van der Waals surface area contributed by atoms with Crippen LogP contribution < -0.4 is 5.73 Å². The third kappa shape index (κ3) is 3.25. The molecule has 6 nitrogen and oxygen atoms in total. The highest BCUT2D eigenvalue weighted by Crippen LogP contribution is 2.34. The van der Waals surface area contributed by atoms with E-state index in [0.717, 1.165) is 0 Å². The van der Waals surface area contributed by atoms with Crippen LogP contribution in [0.2, 0.25) is 0 Å². The lowest BCUT2D eigenvalue weighted by atomic mass is 10.0. The maximum absolute atomic E-state index is 14.8. The summed E-state index contributed by atoms with van der Waals surface area (Å²) in [7, 11) is -3.62. The Balaban J connectivity index is 1.74. The van der Waals surface area contributed by atoms with Gasteiger partial charge in [-0.1, -0.05) is 37.3 Å². The topological polar surface area (TPSA) is 89.2 Å². The molecule has 0 aliphatic carbocycles. The Kier molecular flexibility index (Phi) is 4.60. The second-order valence-electron chi connectivity index (χ2n) is 6.95. The molecule has 0 saturated carbocycles. The van der Waals surface area contributed by atoms with E-state index < -0.39 is 15.8 Å². The summed E-state index contributed by atoms with van der Waals surface area (Å²) in [6.07, 6.45) is 2.90. The van der Waals surface area contributed by atoms with E-state index in [1.54, 1.807) is 36.4 Å². The van der Waals surface area contributed by atoms with Gasteiger partial charge in [-0.25, -0.2) is 22.8 Å². The molecule has 0 atom stereocenters. The molecule has 3 aromatic rings. The standard InChI is InChI=1S/C20H19FN4O2S/c1-13-11-25(12-13)28(26,27)19-5-3-2-4-17(19)14-6-7-16(18(21)8-14)15-9-23-20(22)24-10-15/h2-10,13H,11-12H2,1H3,(H2,22,23,24). The van der Waals surface area contributed by atoms with E-state index in [1.807, 2.05) is 6.92 Å². The molecule has 8 heteroatoms. The molecule has 0 radical (unpaired) electrons. The van der Waals surface area contributed by atoms with E-state index in [0.29, 0.717) is 41.3 Å². The second-order valence-corrected chi connectivity index (χ2v) is 8.85. The Bertz CT molecular complexity index is 1130. The molecular weight excluding hydrogens is 379 g/mol. The summed E-state index contributed by atoms with van der Waals surface area (Å²) in [5, 5.41) is 0. The third-order valence-electron chi connectivity index (χ3n) is 4.80. The first-order valence-corrected chi connectivity index (χ1v) is 10.3. The van der Waals surface area contributed by atoms with Crippen molar-refractivity contribution in [1.82, 2.24) is 14.3 Å². The first-order valence-electron chi connectivity index (χ1n) is 8.83. The maximum Gasteiger partial charge on any atom is 0.243 e. The number of benzene rings is 2. The van der Waals surface area contributed by atoms with Gasteiger partial charge in [-0.05, 0) is 23.6 Å². The molecule has 2 heterocycles. The normalized spacial score (nSPS) is 15.4. The third-order valence-corrected chi connectivity index (χ3v) is 6.69. The van der Waals surface area contributed by atoms with Gasteiger partial charge in [-0.15, -0.1) is 0 Å². The van der Waals surface area contributed by atoms with E-state index in [9.17, 15) is 12.8 Å². The van der Waals surface area contributed by atoms with Gasteiger partial charge in [0, 0.05) is 42.2 Å². The largest absolute Gasteiger partial charge is 0.368 e. The van der Waals surface area contributed by atoms with Crippen molar-refractivity contribution in [3.63, 3.8) is 0 Å². The van der Waals surface area contributed by atoms with Crippen molar-refractivity contribution >= 4 is 16.0 Å². The Morgan fingerprint density at radius 3 is 2.36 bits per heavy atom. The van der Waals surface area contributed by atoms with Crippen molar-refractivity contribution in [3.8, 4) is 22.3 Å². The lowest BCUT2D eigenvalue weighted by molar-refractivity contribution is 0.218. The molecule has 1 aliphatic rings. The Morgan fingerprint density at radius 1 is 1.04 bits per heavy atom. The fourth-order valence-corrected chi connectivity index (χ4v) is 5.20. The fraction of sp³-hybridized carbons (Fsp3) is 0.200. The minimum absolute atomic E-state index is 0.111. The van der Waals surface area contributed by atoms with Gasteiger partial charge in [0.1, 0.15) is 5.82 Å². The molecule has 4 rings (SSSR count). The molecule has 1 aromatic heterocycles. The van der Waals surface area contributed by atoms with Crippen molar-refractivity contribution in [2.75, 3.05) is 18.8 Å². The van der Waals surface area contributed by atoms with E-state index >= 15 is 0 Å². The average molecular weight is 398 g/mol. The van der Waals surface area contributed by atoms with Gasteiger partial charge in [-0.3, -0.25) is 0 Å². The number of nitrogens with two attached hydrogens (primary N) is 1. The van der Waals surface area contributed by atoms with Crippen LogP contribution in [0, 0.1) is 11.7 Å². The van der Waals surface area contributed by atoms with Crippen LogP contribution in [0.4, 0.5) is 10.3 Å². The van der Waals surface area contributed by atoms with Gasteiger partial charge in [0.15, 0.2) is 0 Å². The number of nitrogens with zero attached hydrogens (tertiary/aromatic N) is 3. The van der Waals surface area contributed by atoms with Crippen molar-refractivity contribution in [1.29, 1.82) is 0 Å². The van der Waals surface area contributed by atoms with Crippen LogP contribution in [0.5, 0.6) is 0 Å². The van der Waals surface area contributed by atoms with E-state index in [4.69, 9.17) is 5.73 Å². The van der Waals surface area contributed by atoms with Gasteiger partial charge in [0.25, 0.3) is 0 Å². The van der Waals surface area contributed by atoms with Crippen molar-refractivity contribution < 1.29 is 12.8 Å². The second kappa shape index (κ2) is 6.96. The molecule has 1 aliphatic heterocycles. The molecule has 0 unspecified atom stereocenters. The number of aromatic nitrogens is 2. The predicted octanol–water partition coefficient (Wildman–Crippen LogP) is 3.17. The van der Waals surface area contributed by atoms with Gasteiger partial charge >= 0.3 is 0 Å². The van der Waals surface area contributed by atoms with Crippen LogP contribution in [0.1, 0.15) is 6.92 Å². The number of hydrogen-bond acceptors (Lipinski definition) is 5. The van der Waals surface area contributed by atoms with E-state index in [2.05, 4.69) is 9.97 Å². The zero-order valence-corrected chi connectivity index (χ0v) is 16.0. The Hall–Kier alpha value is -2.84. The number of halogens is 1. The van der Waals surface area contributed by atoms with Crippen LogP contribution >= 0.6 is 0 Å². The first kappa shape index (κ1) is 18.5. The van der Waals surface area contributed by atoms with E-state index in [-0.39, 0.29) is 10.8 Å². The lowest BCUT2D eigenvalue weighted by Crippen LogP contribution is -2.48. The van der Waals surface area contributed by atoms with Gasteiger partial charge < -0.3 is 5.73 Å². The highest BCUT2D eigenvalue weighted by molar-refractivity contribution is 7.89. The quantitative estimate of drug-likeness (QED) is 0.729. The summed E-state index contributed by atoms with van der Waals surface area (Å²) in [4.78, 5) is 7.95. The zero-order chi connectivity index (χ0) is 19.9. The molecule has 28 heavy (non-hydrogen) atoms. The molecule has 0 bridgehead atoms. The minimum atomic E-state index is -3.62. The van der Waals surface area contributed by atoms with Crippen molar-refractivity contribution in [3.05, 3.63) is 60.7 Å². The first-order chi connectivity index (χ1) is 13.4. The number of hydrogen-bond donors (Lipinski definition) is 1. The minimum Gasteiger partial charge on any atom is -0.368 e. The molecule has 0 spiro atoms. The molecule has 1 saturated heterocycles. The molecular formula is C20H19FN4O2S. The van der Waals surface area contributed by atoms with Gasteiger partial charge in [0.2, 0.25) is 16.0 Å². The summed E-state index contributed by atoms with van der Waals surface area (Å²) in [5.74, 6) is -0.0309. The molecule has 1 fully saturated rings. The molecule has 0 amide bonds. The summed E-state index contributed by atoms with van der Waals surface area (Å²) in [5.41, 5.74) is 7.25. The van der Waals surface area contributed by atoms with Crippen LogP contribution in [0.25, 0.3) is 22.3 Å². The SMILES string of the molecule is CC1CN(S(=O)(=O)c2ccccc2-c2ccc(-c3cnc(N)nc3)c(F)c2)C1. The average Bonchev–Trinajstić information content (AvgIpc) is 2.66. The number of anilines is 1. The Morgan fingerprint density at radius 2 is 1.71 bits per heavy atom. The fourth-order valence-electron chi connectivity index (χ4n) is 3.30.